The fraction of sp³-hybridized carbons (Fsp3) is 0.717. The summed E-state index contributed by atoms with van der Waals surface area (Å²) in [5.74, 6) is -0.336. The monoisotopic (exact) mass is 871 g/mol. The molecule has 6 unspecified atom stereocenters. The Morgan fingerprint density at radius 1 is 0.532 bits per heavy atom. The van der Waals surface area contributed by atoms with E-state index in [2.05, 4.69) is 98.9 Å². The average molecular weight is 871 g/mol. The molecular formula is C53H90O9. The first-order chi connectivity index (χ1) is 30.4. The lowest BCUT2D eigenvalue weighted by Gasteiger charge is -2.39. The first kappa shape index (κ1) is 57.4. The van der Waals surface area contributed by atoms with Gasteiger partial charge in [0.15, 0.2) is 6.29 Å². The number of aliphatic hydroxyl groups is 4. The van der Waals surface area contributed by atoms with Gasteiger partial charge in [-0.2, -0.15) is 0 Å². The summed E-state index contributed by atoms with van der Waals surface area (Å²) in [6.45, 7) is 4.36. The van der Waals surface area contributed by atoms with Crippen LogP contribution in [0.4, 0.5) is 0 Å². The largest absolute Gasteiger partial charge is 0.457 e. The van der Waals surface area contributed by atoms with E-state index in [4.69, 9.17) is 18.9 Å². The minimum atomic E-state index is -1.55. The Morgan fingerprint density at radius 3 is 1.48 bits per heavy atom. The Balaban J connectivity index is 2.27. The summed E-state index contributed by atoms with van der Waals surface area (Å²) in [7, 11) is 0. The van der Waals surface area contributed by atoms with Gasteiger partial charge in [0.25, 0.3) is 0 Å². The van der Waals surface area contributed by atoms with Crippen molar-refractivity contribution in [2.45, 2.75) is 218 Å². The maximum Gasteiger partial charge on any atom is 0.306 e. The fourth-order valence-corrected chi connectivity index (χ4v) is 6.96. The molecule has 1 heterocycles. The summed E-state index contributed by atoms with van der Waals surface area (Å²) >= 11 is 0. The average Bonchev–Trinajstić information content (AvgIpc) is 3.27. The van der Waals surface area contributed by atoms with Crippen molar-refractivity contribution in [1.82, 2.24) is 0 Å². The van der Waals surface area contributed by atoms with Crippen molar-refractivity contribution in [3.63, 3.8) is 0 Å². The zero-order chi connectivity index (χ0) is 45.0. The third-order valence-corrected chi connectivity index (χ3v) is 10.8. The van der Waals surface area contributed by atoms with Crippen LogP contribution >= 0.6 is 0 Å². The lowest BCUT2D eigenvalue weighted by Crippen LogP contribution is -2.59. The number of allylic oxidation sites excluding steroid dienone is 14. The van der Waals surface area contributed by atoms with E-state index < -0.39 is 43.4 Å². The highest BCUT2D eigenvalue weighted by Gasteiger charge is 2.44. The molecule has 356 valence electrons. The van der Waals surface area contributed by atoms with Crippen LogP contribution in [-0.4, -0.2) is 89.6 Å². The number of unbranched alkanes of at least 4 members (excludes halogenated alkanes) is 16. The van der Waals surface area contributed by atoms with Crippen LogP contribution in [-0.2, 0) is 23.7 Å². The number of hydrogen-bond donors (Lipinski definition) is 4. The molecule has 0 saturated carbocycles. The van der Waals surface area contributed by atoms with E-state index in [1.165, 1.54) is 51.4 Å². The molecule has 1 fully saturated rings. The highest BCUT2D eigenvalue weighted by atomic mass is 16.7. The summed E-state index contributed by atoms with van der Waals surface area (Å²) in [6, 6.07) is 0. The second kappa shape index (κ2) is 43.6. The zero-order valence-electron chi connectivity index (χ0n) is 39.1. The number of carbonyl (C=O) groups is 1. The maximum absolute atomic E-state index is 12.8. The Labute approximate surface area is 378 Å². The van der Waals surface area contributed by atoms with Gasteiger partial charge in [0.1, 0.15) is 30.5 Å². The van der Waals surface area contributed by atoms with Crippen molar-refractivity contribution >= 4 is 5.97 Å². The second-order valence-electron chi connectivity index (χ2n) is 16.5. The normalized spacial score (nSPS) is 20.5. The minimum Gasteiger partial charge on any atom is -0.457 e. The second-order valence-corrected chi connectivity index (χ2v) is 16.5. The van der Waals surface area contributed by atoms with Crippen LogP contribution in [0.2, 0.25) is 0 Å². The van der Waals surface area contributed by atoms with Crippen molar-refractivity contribution in [2.75, 3.05) is 26.4 Å². The Bertz CT molecular complexity index is 1220. The van der Waals surface area contributed by atoms with Crippen molar-refractivity contribution in [1.29, 1.82) is 0 Å². The number of ether oxygens (including phenoxy) is 4. The summed E-state index contributed by atoms with van der Waals surface area (Å²) in [5, 5.41) is 40.2. The number of hydrogen-bond acceptors (Lipinski definition) is 9. The van der Waals surface area contributed by atoms with Crippen LogP contribution < -0.4 is 0 Å². The molecule has 1 aliphatic heterocycles. The van der Waals surface area contributed by atoms with Crippen LogP contribution in [0, 0.1) is 0 Å². The molecule has 0 amide bonds. The van der Waals surface area contributed by atoms with Gasteiger partial charge in [-0.1, -0.05) is 170 Å². The summed E-state index contributed by atoms with van der Waals surface area (Å²) in [5.41, 5.74) is 0. The quantitative estimate of drug-likeness (QED) is 0.0269. The predicted molar refractivity (Wildman–Crippen MR) is 256 cm³/mol. The molecule has 0 aromatic carbocycles. The summed E-state index contributed by atoms with van der Waals surface area (Å²) in [6.07, 6.45) is 51.8. The third kappa shape index (κ3) is 33.9. The van der Waals surface area contributed by atoms with Crippen LogP contribution in [0.25, 0.3) is 0 Å². The summed E-state index contributed by atoms with van der Waals surface area (Å²) in [4.78, 5) is 12.8. The highest BCUT2D eigenvalue weighted by Crippen LogP contribution is 2.22. The molecule has 9 nitrogen and oxygen atoms in total. The number of aliphatic hydroxyl groups excluding tert-OH is 4. The van der Waals surface area contributed by atoms with Gasteiger partial charge in [-0.3, -0.25) is 4.79 Å². The first-order valence-corrected chi connectivity index (χ1v) is 24.7. The molecule has 1 saturated heterocycles. The van der Waals surface area contributed by atoms with E-state index in [0.29, 0.717) is 13.0 Å². The molecule has 9 heteroatoms. The van der Waals surface area contributed by atoms with Gasteiger partial charge >= 0.3 is 5.97 Å². The van der Waals surface area contributed by atoms with Crippen LogP contribution in [0.5, 0.6) is 0 Å². The van der Waals surface area contributed by atoms with Crippen molar-refractivity contribution < 1.29 is 44.2 Å². The van der Waals surface area contributed by atoms with Gasteiger partial charge in [-0.05, 0) is 89.9 Å². The molecule has 0 radical (unpaired) electrons. The zero-order valence-corrected chi connectivity index (χ0v) is 39.1. The molecule has 6 atom stereocenters. The maximum atomic E-state index is 12.8. The van der Waals surface area contributed by atoms with E-state index in [0.717, 1.165) is 109 Å². The number of rotatable bonds is 41. The lowest BCUT2D eigenvalue weighted by molar-refractivity contribution is -0.305. The standard InChI is InChI=1S/C53H90O9/c1-3-5-7-9-11-13-15-17-19-21-23-24-25-26-28-30-32-34-36-38-40-42-49(55)61-47(46-60-53-52(58)51(57)50(56)48(44-54)62-53)45-59-43-41-39-37-35-33-31-29-27-22-20-18-16-14-12-10-8-6-4-2/h6,8,12,14-15,17-18,20-21,23,25-27,29,47-48,50-54,56-58H,3-5,7,9-11,13,16,19,22,24,28,30-46H2,1-2H3/b8-6-,14-12-,17-15-,20-18-,23-21-,26-25-,29-27-. The molecular weight excluding hydrogens is 781 g/mol. The van der Waals surface area contributed by atoms with Crippen LogP contribution in [0.3, 0.4) is 0 Å². The number of esters is 1. The molecule has 0 aromatic rings. The molecule has 0 aliphatic carbocycles. The molecule has 1 rings (SSSR count). The highest BCUT2D eigenvalue weighted by molar-refractivity contribution is 5.69. The first-order valence-electron chi connectivity index (χ1n) is 24.7. The van der Waals surface area contributed by atoms with E-state index >= 15 is 0 Å². The fourth-order valence-electron chi connectivity index (χ4n) is 6.96. The van der Waals surface area contributed by atoms with E-state index in [-0.39, 0.29) is 19.2 Å². The molecule has 0 aromatic heterocycles. The van der Waals surface area contributed by atoms with E-state index in [1.807, 2.05) is 0 Å². The minimum absolute atomic E-state index is 0.121. The van der Waals surface area contributed by atoms with Gasteiger partial charge in [0.2, 0.25) is 0 Å². The van der Waals surface area contributed by atoms with Crippen LogP contribution in [0.1, 0.15) is 181 Å². The Kier molecular flexibility index (Phi) is 40.4. The van der Waals surface area contributed by atoms with E-state index in [1.54, 1.807) is 0 Å². The van der Waals surface area contributed by atoms with Crippen molar-refractivity contribution in [2.24, 2.45) is 0 Å². The molecule has 1 aliphatic rings. The smallest absolute Gasteiger partial charge is 0.306 e. The number of carbonyl (C=O) groups excluding carboxylic acids is 1. The lowest BCUT2D eigenvalue weighted by atomic mass is 9.99. The molecule has 62 heavy (non-hydrogen) atoms. The van der Waals surface area contributed by atoms with E-state index in [9.17, 15) is 25.2 Å². The van der Waals surface area contributed by atoms with Crippen molar-refractivity contribution in [3.05, 3.63) is 85.1 Å². The van der Waals surface area contributed by atoms with Gasteiger partial charge in [0, 0.05) is 13.0 Å². The molecule has 0 bridgehead atoms. The Morgan fingerprint density at radius 2 is 0.984 bits per heavy atom. The van der Waals surface area contributed by atoms with Gasteiger partial charge < -0.3 is 39.4 Å². The van der Waals surface area contributed by atoms with Crippen LogP contribution in [0.15, 0.2) is 85.1 Å². The van der Waals surface area contributed by atoms with Crippen molar-refractivity contribution in [3.8, 4) is 0 Å². The predicted octanol–water partition coefficient (Wildman–Crippen LogP) is 11.8. The Hall–Kier alpha value is -2.63. The summed E-state index contributed by atoms with van der Waals surface area (Å²) < 4.78 is 22.8. The third-order valence-electron chi connectivity index (χ3n) is 10.8. The van der Waals surface area contributed by atoms with Gasteiger partial charge in [-0.25, -0.2) is 0 Å². The van der Waals surface area contributed by atoms with Gasteiger partial charge in [0.05, 0.1) is 19.8 Å². The molecule has 4 N–H and O–H groups in total. The topological polar surface area (TPSA) is 135 Å². The van der Waals surface area contributed by atoms with Gasteiger partial charge in [-0.15, -0.1) is 0 Å². The molecule has 0 spiro atoms. The SMILES string of the molecule is CC/C=C\C/C=C\C/C=C\C/C=C\CCCCCCCOCC(COC1OC(CO)C(O)C(O)C1O)OC(=O)CCCCCCCC/C=C\C/C=C\C/C=C\CCCCCCC.